The Hall–Kier alpha value is -3.51. The second kappa shape index (κ2) is 13.0. The predicted octanol–water partition coefficient (Wildman–Crippen LogP) is 5.01. The molecule has 0 aliphatic heterocycles. The lowest BCUT2D eigenvalue weighted by atomic mass is 10.2. The number of hydrogen-bond acceptors (Lipinski definition) is 8. The number of nitrogens with two attached hydrogens (primary N) is 2. The van der Waals surface area contributed by atoms with Gasteiger partial charge in [0, 0.05) is 38.0 Å². The molecule has 2 aromatic carbocycles. The normalized spacial score (nSPS) is 10.1. The zero-order chi connectivity index (χ0) is 24.1. The number of halogens is 3. The number of ether oxygens (including phenoxy) is 1. The lowest BCUT2D eigenvalue weighted by Gasteiger charge is -2.12. The van der Waals surface area contributed by atoms with Gasteiger partial charge < -0.3 is 26.1 Å². The third-order valence-electron chi connectivity index (χ3n) is 4.69. The van der Waals surface area contributed by atoms with Crippen molar-refractivity contribution in [1.29, 1.82) is 0 Å². The molecule has 5 N–H and O–H groups in total. The summed E-state index contributed by atoms with van der Waals surface area (Å²) in [4.78, 5) is 17.8. The topological polar surface area (TPSA) is 134 Å². The van der Waals surface area contributed by atoms with E-state index < -0.39 is 5.82 Å². The Balaban J connectivity index is 0.000000710. The molecule has 190 valence electrons. The molecule has 1 amide bonds. The highest BCUT2D eigenvalue weighted by atomic mass is 35.5. The van der Waals surface area contributed by atoms with Gasteiger partial charge in [0.2, 0.25) is 5.91 Å². The molecule has 5 rings (SSSR count). The van der Waals surface area contributed by atoms with Gasteiger partial charge in [-0.05, 0) is 41.9 Å². The van der Waals surface area contributed by atoms with Crippen LogP contribution in [0.1, 0.15) is 6.92 Å². The summed E-state index contributed by atoms with van der Waals surface area (Å²) < 4.78 is 27.7. The number of primary amides is 1. The van der Waals surface area contributed by atoms with Crippen molar-refractivity contribution >= 4 is 74.9 Å². The van der Waals surface area contributed by atoms with Crippen molar-refractivity contribution in [3.05, 3.63) is 67.0 Å². The van der Waals surface area contributed by atoms with Crippen molar-refractivity contribution in [3.8, 4) is 11.5 Å². The van der Waals surface area contributed by atoms with Crippen LogP contribution in [0.2, 0.25) is 0 Å². The van der Waals surface area contributed by atoms with Gasteiger partial charge in [-0.2, -0.15) is 4.37 Å². The summed E-state index contributed by atoms with van der Waals surface area (Å²) in [6, 6.07) is 12.2. The number of fused-ring (bicyclic) bond motifs is 2. The van der Waals surface area contributed by atoms with E-state index >= 15 is 0 Å². The van der Waals surface area contributed by atoms with E-state index in [1.54, 1.807) is 24.4 Å². The van der Waals surface area contributed by atoms with Crippen LogP contribution in [0.25, 0.3) is 21.1 Å². The van der Waals surface area contributed by atoms with Gasteiger partial charge in [0.05, 0.1) is 21.8 Å². The van der Waals surface area contributed by atoms with Crippen molar-refractivity contribution < 1.29 is 13.9 Å². The predicted molar refractivity (Wildman–Crippen MR) is 145 cm³/mol. The first-order valence-corrected chi connectivity index (χ1v) is 11.1. The second-order valence-electron chi connectivity index (χ2n) is 7.23. The van der Waals surface area contributed by atoms with Gasteiger partial charge in [-0.1, -0.05) is 6.07 Å². The molecule has 0 fully saturated rings. The molecule has 0 saturated heterocycles. The first kappa shape index (κ1) is 28.7. The molecule has 0 aliphatic rings. The van der Waals surface area contributed by atoms with E-state index in [4.69, 9.17) is 10.5 Å². The monoisotopic (exact) mass is 551 g/mol. The lowest BCUT2D eigenvalue weighted by molar-refractivity contribution is -0.115. The van der Waals surface area contributed by atoms with Crippen LogP contribution in [0.3, 0.4) is 0 Å². The van der Waals surface area contributed by atoms with Crippen LogP contribution in [0, 0.1) is 5.82 Å². The molecule has 5 aromatic rings. The minimum atomic E-state index is -0.483. The fourth-order valence-corrected chi connectivity index (χ4v) is 3.98. The van der Waals surface area contributed by atoms with E-state index in [-0.39, 0.29) is 36.5 Å². The fraction of sp³-hybridized carbons (Fsp3) is 0.130. The summed E-state index contributed by atoms with van der Waals surface area (Å²) in [5.74, 6) is 0.472. The zero-order valence-electron chi connectivity index (χ0n) is 19.1. The van der Waals surface area contributed by atoms with Crippen LogP contribution in [0.4, 0.5) is 15.9 Å². The molecule has 0 aliphatic carbocycles. The Bertz CT molecular complexity index is 1460. The summed E-state index contributed by atoms with van der Waals surface area (Å²) in [5.41, 5.74) is 12.3. The highest BCUT2D eigenvalue weighted by molar-refractivity contribution is 7.13. The van der Waals surface area contributed by atoms with E-state index in [0.29, 0.717) is 30.3 Å². The molecule has 0 spiro atoms. The Kier molecular flexibility index (Phi) is 10.4. The number of nitrogens with zero attached hydrogens (tertiary/aromatic N) is 4. The number of hydrogen-bond donors (Lipinski definition) is 3. The quantitative estimate of drug-likeness (QED) is 0.270. The molecule has 0 radical (unpaired) electrons. The second-order valence-corrected chi connectivity index (χ2v) is 8.06. The van der Waals surface area contributed by atoms with Gasteiger partial charge >= 0.3 is 0 Å². The van der Waals surface area contributed by atoms with Gasteiger partial charge in [0.25, 0.3) is 0 Å². The molecular weight excluding hydrogens is 528 g/mol. The summed E-state index contributed by atoms with van der Waals surface area (Å²) in [6.07, 6.45) is 5.11. The van der Waals surface area contributed by atoms with Crippen molar-refractivity contribution in [2.24, 2.45) is 11.5 Å². The average Bonchev–Trinajstić information content (AvgIpc) is 3.44. The number of amides is 1. The van der Waals surface area contributed by atoms with Gasteiger partial charge in [0.1, 0.15) is 17.6 Å². The van der Waals surface area contributed by atoms with Crippen LogP contribution in [0.15, 0.2) is 61.2 Å². The molecular formula is C23H24Cl2FN7O2S. The third-order valence-corrected chi connectivity index (χ3v) is 5.46. The van der Waals surface area contributed by atoms with Crippen molar-refractivity contribution in [2.45, 2.75) is 13.5 Å². The van der Waals surface area contributed by atoms with Gasteiger partial charge in [-0.15, -0.1) is 24.8 Å². The van der Waals surface area contributed by atoms with E-state index in [9.17, 15) is 9.18 Å². The van der Waals surface area contributed by atoms with E-state index in [1.165, 1.54) is 30.8 Å². The largest absolute Gasteiger partial charge is 0.454 e. The molecule has 9 nitrogen and oxygen atoms in total. The molecule has 3 heterocycles. The summed E-state index contributed by atoms with van der Waals surface area (Å²) in [7, 11) is 0. The molecule has 0 unspecified atom stereocenters. The van der Waals surface area contributed by atoms with Gasteiger partial charge in [0.15, 0.2) is 17.4 Å². The Morgan fingerprint density at radius 2 is 1.94 bits per heavy atom. The molecule has 36 heavy (non-hydrogen) atoms. The Morgan fingerprint density at radius 3 is 2.67 bits per heavy atom. The molecule has 13 heteroatoms. The molecule has 3 aromatic heterocycles. The van der Waals surface area contributed by atoms with Crippen LogP contribution in [0.5, 0.6) is 11.5 Å². The average molecular weight is 552 g/mol. The molecule has 0 atom stereocenters. The van der Waals surface area contributed by atoms with E-state index in [1.807, 2.05) is 29.0 Å². The minimum Gasteiger partial charge on any atom is -0.454 e. The number of aromatic nitrogens is 4. The van der Waals surface area contributed by atoms with E-state index in [0.717, 1.165) is 21.1 Å². The Morgan fingerprint density at radius 1 is 1.17 bits per heavy atom. The van der Waals surface area contributed by atoms with Crippen LogP contribution >= 0.6 is 36.3 Å². The Labute approximate surface area is 222 Å². The number of nitrogens with one attached hydrogen (secondary N) is 1. The van der Waals surface area contributed by atoms with Crippen LogP contribution in [-0.4, -0.2) is 31.4 Å². The maximum Gasteiger partial charge on any atom is 0.214 e. The number of carbonyl (C=O) groups is 1. The maximum absolute atomic E-state index is 14.8. The first-order valence-electron chi connectivity index (χ1n) is 10.3. The smallest absolute Gasteiger partial charge is 0.214 e. The maximum atomic E-state index is 14.8. The number of carbonyl (C=O) groups excluding carboxylic acids is 1. The van der Waals surface area contributed by atoms with Gasteiger partial charge in [-0.3, -0.25) is 4.79 Å². The molecule has 0 bridgehead atoms. The zero-order valence-corrected chi connectivity index (χ0v) is 21.5. The summed E-state index contributed by atoms with van der Waals surface area (Å²) in [5, 5.41) is 4.03. The van der Waals surface area contributed by atoms with Crippen molar-refractivity contribution in [1.82, 2.24) is 18.9 Å². The summed E-state index contributed by atoms with van der Waals surface area (Å²) >= 11 is 1.37. The summed E-state index contributed by atoms with van der Waals surface area (Å²) in [6.45, 7) is 2.43. The van der Waals surface area contributed by atoms with Crippen LogP contribution in [-0.2, 0) is 11.3 Å². The lowest BCUT2D eigenvalue weighted by Crippen LogP contribution is -2.10. The number of anilines is 2. The fourth-order valence-electron chi connectivity index (χ4n) is 3.32. The van der Waals surface area contributed by atoms with Crippen LogP contribution < -0.4 is 21.5 Å². The minimum absolute atomic E-state index is 0. The third kappa shape index (κ3) is 6.58. The van der Waals surface area contributed by atoms with Crippen molar-refractivity contribution in [3.63, 3.8) is 0 Å². The highest BCUT2D eigenvalue weighted by Crippen LogP contribution is 2.34. The molecule has 0 saturated carbocycles. The van der Waals surface area contributed by atoms with Crippen molar-refractivity contribution in [2.75, 3.05) is 11.9 Å². The standard InChI is InChI=1S/C21H17FN6OS.C2H5NO.2ClH/c22-15-10-13(27-21-20-16(24-12-25-21)6-8-28(20)9-7-23)4-5-18(15)29-17-2-1-3-19-14(17)11-26-30-19;1-2(3)4;;/h1-6,8,10-12H,7,9,23H2,(H,24,25,27);1H3,(H2,3,4);2*1H. The SMILES string of the molecule is CC(N)=O.Cl.Cl.NCCn1ccc2ncnc(Nc3ccc(Oc4cccc5sncc45)c(F)c3)c21. The van der Waals surface area contributed by atoms with Gasteiger partial charge in [-0.25, -0.2) is 14.4 Å². The van der Waals surface area contributed by atoms with E-state index in [2.05, 4.69) is 25.4 Å². The number of benzene rings is 2. The highest BCUT2D eigenvalue weighted by Gasteiger charge is 2.13. The number of rotatable bonds is 6. The first-order chi connectivity index (χ1) is 16.5.